The predicted molar refractivity (Wildman–Crippen MR) is 582 cm³/mol. The zero-order valence-corrected chi connectivity index (χ0v) is 90.6. The van der Waals surface area contributed by atoms with Gasteiger partial charge in [-0.05, 0) is 98.1 Å². The summed E-state index contributed by atoms with van der Waals surface area (Å²) in [4.78, 5) is 51.5. The third-order valence-corrected chi connectivity index (χ3v) is 39.0. The quantitative estimate of drug-likeness (QED) is 0.0279. The number of halogens is 4. The van der Waals surface area contributed by atoms with Crippen molar-refractivity contribution in [1.82, 2.24) is 24.5 Å². The first-order valence-corrected chi connectivity index (χ1v) is 60.1. The van der Waals surface area contributed by atoms with Crippen LogP contribution in [0.5, 0.6) is 5.06 Å². The van der Waals surface area contributed by atoms with Crippen LogP contribution in [0.2, 0.25) is 20.1 Å². The number of nitrogens with zero attached hydrogens (tertiary/aromatic N) is 5. The van der Waals surface area contributed by atoms with Gasteiger partial charge in [-0.15, -0.1) is 79.4 Å². The van der Waals surface area contributed by atoms with Crippen molar-refractivity contribution < 1.29 is 9.53 Å². The van der Waals surface area contributed by atoms with E-state index < -0.39 is 0 Å². The Morgan fingerprint density at radius 1 is 0.302 bits per heavy atom. The van der Waals surface area contributed by atoms with Crippen LogP contribution < -0.4 is 4.74 Å². The fourth-order valence-corrected chi connectivity index (χ4v) is 30.5. The minimum absolute atomic E-state index is 0.469. The van der Waals surface area contributed by atoms with E-state index in [9.17, 15) is 4.79 Å². The van der Waals surface area contributed by atoms with Crippen molar-refractivity contribution in [3.8, 4) is 66.9 Å². The fourth-order valence-electron chi connectivity index (χ4n) is 19.7. The number of methoxy groups -OCH3 is 1. The van der Waals surface area contributed by atoms with Crippen LogP contribution in [-0.4, -0.2) is 37.9 Å². The van der Waals surface area contributed by atoms with E-state index >= 15 is 0 Å². The normalized spacial score (nSPS) is 13.3. The molecule has 11 aromatic rings. The molecule has 0 saturated heterocycles. The van der Waals surface area contributed by atoms with Gasteiger partial charge in [0.2, 0.25) is 5.06 Å². The Kier molecular flexibility index (Phi) is 47.6. The number of aldehydes is 1. The van der Waals surface area contributed by atoms with Crippen molar-refractivity contribution in [1.29, 1.82) is 0 Å². The number of unbranched alkanes of at least 4 members (excludes halogenated alkanes) is 33. The molecule has 0 fully saturated rings. The summed E-state index contributed by atoms with van der Waals surface area (Å²) in [6.07, 6.45) is 70.8. The maximum Gasteiger partial charge on any atom is 0.202 e. The average Bonchev–Trinajstić information content (AvgIpc) is 1.56. The lowest BCUT2D eigenvalue weighted by molar-refractivity contribution is 0.112. The van der Waals surface area contributed by atoms with Gasteiger partial charge in [0.25, 0.3) is 0 Å². The SMILES string of the molecule is CCCCCCCCC(CCCCCC)Cc1sc(-c2nc3c(C=O)sc(-c4cc5c(s4)c4sc(-c6sc(OC)c7nc(-c8cc(Cl)c(CC(CCCCCC)CCCCCCCC)s8)c(-c8cc(Cl)c(CC(CCCCCC)CCCCCCCC)s8)nc67)cc4n5CC(CC)CCCC)c3nc2-c2cc(Cl)c(CC(CCCCCC)CCCCCCCC)s2)cc1Cl. The zero-order chi connectivity index (χ0) is 91.2. The maximum absolute atomic E-state index is 14.0. The molecule has 7 nitrogen and oxygen atoms in total. The highest BCUT2D eigenvalue weighted by atomic mass is 35.5. The van der Waals surface area contributed by atoms with E-state index in [4.69, 9.17) is 71.1 Å². The Morgan fingerprint density at radius 3 is 0.860 bits per heavy atom. The van der Waals surface area contributed by atoms with Crippen molar-refractivity contribution in [3.05, 3.63) is 80.9 Å². The molecule has 0 radical (unpaired) electrons. The molecule has 0 aliphatic carbocycles. The topological polar surface area (TPSA) is 82.8 Å². The van der Waals surface area contributed by atoms with Crippen LogP contribution >= 0.6 is 137 Å². The molecule has 19 heteroatoms. The molecule has 0 aromatic carbocycles. The molecular formula is C110H159Cl4N5O2S8. The number of carbonyl (C=O) groups is 1. The van der Waals surface area contributed by atoms with Crippen molar-refractivity contribution in [2.45, 2.75) is 435 Å². The molecule has 712 valence electrons. The molecular weight excluding hydrogens is 1820 g/mol. The minimum atomic E-state index is 0.469. The lowest BCUT2D eigenvalue weighted by Crippen LogP contribution is -2.09. The van der Waals surface area contributed by atoms with Gasteiger partial charge in [0, 0.05) is 35.8 Å². The first-order valence-electron chi connectivity index (χ1n) is 52.0. The number of thiophene rings is 8. The van der Waals surface area contributed by atoms with Crippen LogP contribution in [0, 0.1) is 29.6 Å². The van der Waals surface area contributed by atoms with Crippen molar-refractivity contribution in [2.24, 2.45) is 29.6 Å². The van der Waals surface area contributed by atoms with Gasteiger partial charge >= 0.3 is 0 Å². The van der Waals surface area contributed by atoms with Crippen LogP contribution in [0.25, 0.3) is 104 Å². The largest absolute Gasteiger partial charge is 0.486 e. The van der Waals surface area contributed by atoms with E-state index in [1.807, 2.05) is 56.7 Å². The molecule has 0 aliphatic rings. The number of fused-ring (bicyclic) bond motifs is 5. The summed E-state index contributed by atoms with van der Waals surface area (Å²) in [7, 11) is 1.80. The lowest BCUT2D eigenvalue weighted by Gasteiger charge is -2.17. The van der Waals surface area contributed by atoms with Gasteiger partial charge in [0.05, 0.1) is 81.8 Å². The molecule has 11 aromatic heterocycles. The second-order valence-electron chi connectivity index (χ2n) is 38.2. The Hall–Kier alpha value is -3.29. The first kappa shape index (κ1) is 106. The number of aromatic nitrogens is 5. The fraction of sp³-hybridized carbons (Fsp3) is 0.664. The van der Waals surface area contributed by atoms with E-state index in [1.165, 1.54) is 366 Å². The second-order valence-corrected chi connectivity index (χ2v) is 48.5. The van der Waals surface area contributed by atoms with Crippen molar-refractivity contribution in [3.63, 3.8) is 0 Å². The Labute approximate surface area is 831 Å². The predicted octanol–water partition coefficient (Wildman–Crippen LogP) is 42.3. The summed E-state index contributed by atoms with van der Waals surface area (Å²) < 4.78 is 11.7. The molecule has 5 atom stereocenters. The van der Waals surface area contributed by atoms with Gasteiger partial charge in [-0.2, -0.15) is 0 Å². The van der Waals surface area contributed by atoms with Crippen molar-refractivity contribution >= 4 is 186 Å². The molecule has 0 saturated carbocycles. The molecule has 0 aliphatic heterocycles. The Bertz CT molecular complexity index is 5080. The summed E-state index contributed by atoms with van der Waals surface area (Å²) >= 11 is 44.6. The average molecular weight is 1980 g/mol. The highest BCUT2D eigenvalue weighted by Gasteiger charge is 2.32. The van der Waals surface area contributed by atoms with E-state index in [-0.39, 0.29) is 0 Å². The standard InChI is InChI=1S/C110H159Cl4N5O2S8/c1-12-22-31-39-43-51-60-77(56-47-35-26-16-5)64-87-81(111)68-91(122-87)98-99(92-69-82(112)88(123-92)65-78(57-48-36-27-17-6)61-52-44-40-32-23-13-2)116-103-102(115-98)97(75-120)128-108(103)95-72-85-106(126-95)107-86(119(85)74-76(21-10)55-30-20-9)73-96(127-107)109-104-105(110(121-11)129-109)118-101(94-71-84(114)90(125-94)67-80(59-50-38-29-19-8)63-54-46-42-34-25-15-4)100(117-104)93-70-83(113)89(124-93)66-79(58-49-37-28-18-7)62-53-45-41-33-24-14-3/h68-73,75-80H,12-67,74H2,1-11H3. The summed E-state index contributed by atoms with van der Waals surface area (Å²) in [5.41, 5.74) is 8.80. The van der Waals surface area contributed by atoms with E-state index in [1.54, 1.807) is 29.8 Å². The number of ether oxygens (including phenoxy) is 1. The highest BCUT2D eigenvalue weighted by Crippen LogP contribution is 2.55. The first-order chi connectivity index (χ1) is 63.1. The van der Waals surface area contributed by atoms with E-state index in [0.29, 0.717) is 40.0 Å². The van der Waals surface area contributed by atoms with Gasteiger partial charge < -0.3 is 9.30 Å². The maximum atomic E-state index is 14.0. The van der Waals surface area contributed by atoms with E-state index in [0.717, 1.165) is 161 Å². The summed E-state index contributed by atoms with van der Waals surface area (Å²) in [5, 5.41) is 4.06. The monoisotopic (exact) mass is 1980 g/mol. The third-order valence-electron chi connectivity index (χ3n) is 27.6. The van der Waals surface area contributed by atoms with Crippen LogP contribution in [0.15, 0.2) is 36.4 Å². The van der Waals surface area contributed by atoms with Gasteiger partial charge in [0.15, 0.2) is 6.29 Å². The Balaban J connectivity index is 1.04. The molecule has 0 N–H and O–H groups in total. The van der Waals surface area contributed by atoms with Gasteiger partial charge in [0.1, 0.15) is 44.8 Å². The number of hydrogen-bond acceptors (Lipinski definition) is 14. The molecule has 11 heterocycles. The summed E-state index contributed by atoms with van der Waals surface area (Å²) in [6.45, 7) is 24.1. The third kappa shape index (κ3) is 30.9. The molecule has 0 amide bonds. The molecule has 0 spiro atoms. The number of hydrogen-bond donors (Lipinski definition) is 0. The lowest BCUT2D eigenvalue weighted by atomic mass is 9.91. The van der Waals surface area contributed by atoms with Gasteiger partial charge in [-0.3, -0.25) is 4.79 Å². The van der Waals surface area contributed by atoms with Crippen molar-refractivity contribution in [2.75, 3.05) is 7.11 Å². The molecule has 0 bridgehead atoms. The van der Waals surface area contributed by atoms with Gasteiger partial charge in [-0.25, -0.2) is 19.9 Å². The second kappa shape index (κ2) is 57.8. The van der Waals surface area contributed by atoms with Gasteiger partial charge in [-0.1, -0.05) is 454 Å². The number of rotatable bonds is 70. The summed E-state index contributed by atoms with van der Waals surface area (Å²) in [6, 6.07) is 13.7. The minimum Gasteiger partial charge on any atom is -0.486 e. The van der Waals surface area contributed by atoms with Crippen LogP contribution in [0.4, 0.5) is 0 Å². The zero-order valence-electron chi connectivity index (χ0n) is 81.1. The van der Waals surface area contributed by atoms with E-state index in [2.05, 4.69) is 110 Å². The smallest absolute Gasteiger partial charge is 0.202 e. The van der Waals surface area contributed by atoms with Crippen LogP contribution in [0.1, 0.15) is 432 Å². The number of carbonyl (C=O) groups excluding carboxylic acids is 1. The molecule has 129 heavy (non-hydrogen) atoms. The highest BCUT2D eigenvalue weighted by molar-refractivity contribution is 7.33. The van der Waals surface area contributed by atoms with Crippen LogP contribution in [-0.2, 0) is 32.2 Å². The van der Waals surface area contributed by atoms with Crippen LogP contribution in [0.3, 0.4) is 0 Å². The Morgan fingerprint density at radius 2 is 0.566 bits per heavy atom. The molecule has 11 rings (SSSR count). The molecule has 5 unspecified atom stereocenters. The summed E-state index contributed by atoms with van der Waals surface area (Å²) in [5.74, 6) is 2.75.